The van der Waals surface area contributed by atoms with Gasteiger partial charge in [0.2, 0.25) is 0 Å². The summed E-state index contributed by atoms with van der Waals surface area (Å²) in [6.45, 7) is -2.13. The number of pyridine rings is 1. The largest absolute Gasteiger partial charge is 0.489 e. The predicted molar refractivity (Wildman–Crippen MR) is 149 cm³/mol. The van der Waals surface area contributed by atoms with E-state index in [2.05, 4.69) is 15.0 Å². The molecule has 9 nitrogen and oxygen atoms in total. The second-order valence-corrected chi connectivity index (χ2v) is 12.3. The molecule has 2 aromatic carbocycles. The van der Waals surface area contributed by atoms with Crippen LogP contribution in [-0.2, 0) is 20.8 Å². The fourth-order valence-electron chi connectivity index (χ4n) is 4.74. The fourth-order valence-corrected chi connectivity index (χ4v) is 5.56. The molecule has 0 bridgehead atoms. The molecule has 2 N–H and O–H groups in total. The van der Waals surface area contributed by atoms with Gasteiger partial charge in [-0.05, 0) is 60.7 Å². The van der Waals surface area contributed by atoms with Crippen LogP contribution in [0.1, 0.15) is 41.0 Å². The van der Waals surface area contributed by atoms with Gasteiger partial charge in [0.15, 0.2) is 9.84 Å². The number of amides is 1. The smallest absolute Gasteiger partial charge is 0.416 e. The second-order valence-electron chi connectivity index (χ2n) is 9.98. The van der Waals surface area contributed by atoms with E-state index in [-0.39, 0.29) is 47.2 Å². The number of alkyl halides is 5. The molecule has 4 rings (SSSR count). The molecule has 1 amide bonds. The van der Waals surface area contributed by atoms with E-state index < -0.39 is 58.9 Å². The van der Waals surface area contributed by atoms with Crippen molar-refractivity contribution in [2.45, 2.75) is 49.2 Å². The zero-order chi connectivity index (χ0) is 32.1. The Kier molecular flexibility index (Phi) is 10.4. The first-order chi connectivity index (χ1) is 20.8. The quantitative estimate of drug-likeness (QED) is 0.275. The molecule has 44 heavy (non-hydrogen) atoms. The molecule has 1 saturated heterocycles. The van der Waals surface area contributed by atoms with Gasteiger partial charge < -0.3 is 24.8 Å². The number of halogens is 5. The Morgan fingerprint density at radius 3 is 2.32 bits per heavy atom. The highest BCUT2D eigenvalue weighted by Crippen LogP contribution is 2.32. The molecule has 0 radical (unpaired) electrons. The van der Waals surface area contributed by atoms with Crippen LogP contribution < -0.4 is 15.0 Å². The Bertz CT molecular complexity index is 1500. The molecule has 2 heterocycles. The van der Waals surface area contributed by atoms with Crippen molar-refractivity contribution in [2.24, 2.45) is 0 Å². The third kappa shape index (κ3) is 8.21. The van der Waals surface area contributed by atoms with E-state index in [0.29, 0.717) is 5.69 Å². The number of aliphatic hydroxyl groups excluding tert-OH is 1. The number of carbonyl (C=O) groups is 1. The van der Waals surface area contributed by atoms with Crippen molar-refractivity contribution in [3.63, 3.8) is 0 Å². The SMILES string of the molecule is CCS(=O)(=O)c1ccc([C@H](CO)NC(=O)c2ccc(N3C[C@H](Oc4ccc(C(F)(F)F)cc4)C[C@H]3COC(F)F)cc2)nc1. The summed E-state index contributed by atoms with van der Waals surface area (Å²) in [6, 6.07) is 11.7. The molecule has 15 heteroatoms. The van der Waals surface area contributed by atoms with Crippen LogP contribution in [0.5, 0.6) is 5.75 Å². The van der Waals surface area contributed by atoms with Gasteiger partial charge >= 0.3 is 12.8 Å². The van der Waals surface area contributed by atoms with Crippen LogP contribution in [-0.4, -0.2) is 68.7 Å². The molecule has 3 atom stereocenters. The number of rotatable bonds is 12. The number of nitrogens with zero attached hydrogens (tertiary/aromatic N) is 2. The van der Waals surface area contributed by atoms with Crippen LogP contribution >= 0.6 is 0 Å². The van der Waals surface area contributed by atoms with Crippen molar-refractivity contribution in [3.8, 4) is 5.75 Å². The molecule has 238 valence electrons. The number of nitrogens with one attached hydrogen (secondary N) is 1. The number of hydrogen-bond acceptors (Lipinski definition) is 8. The molecule has 0 aliphatic carbocycles. The highest BCUT2D eigenvalue weighted by atomic mass is 32.2. The van der Waals surface area contributed by atoms with E-state index in [0.717, 1.165) is 18.3 Å². The topological polar surface area (TPSA) is 118 Å². The van der Waals surface area contributed by atoms with E-state index >= 15 is 0 Å². The summed E-state index contributed by atoms with van der Waals surface area (Å²) >= 11 is 0. The summed E-state index contributed by atoms with van der Waals surface area (Å²) in [4.78, 5) is 18.8. The molecular weight excluding hydrogens is 613 g/mol. The van der Waals surface area contributed by atoms with Gasteiger partial charge in [-0.3, -0.25) is 9.78 Å². The highest BCUT2D eigenvalue weighted by Gasteiger charge is 2.35. The summed E-state index contributed by atoms with van der Waals surface area (Å²) in [5.41, 5.74) is 0.211. The summed E-state index contributed by atoms with van der Waals surface area (Å²) in [7, 11) is -3.47. The molecule has 0 unspecified atom stereocenters. The first-order valence-electron chi connectivity index (χ1n) is 13.5. The van der Waals surface area contributed by atoms with Crippen LogP contribution in [0.25, 0.3) is 0 Å². The molecule has 1 aliphatic heterocycles. The van der Waals surface area contributed by atoms with Crippen LogP contribution in [0.3, 0.4) is 0 Å². The van der Waals surface area contributed by atoms with Crippen LogP contribution in [0.15, 0.2) is 71.8 Å². The number of sulfone groups is 1. The maximum Gasteiger partial charge on any atom is 0.416 e. The van der Waals surface area contributed by atoms with Crippen molar-refractivity contribution in [3.05, 3.63) is 83.7 Å². The predicted octanol–water partition coefficient (Wildman–Crippen LogP) is 4.62. The van der Waals surface area contributed by atoms with Crippen molar-refractivity contribution < 1.29 is 49.7 Å². The Labute approximate surface area is 250 Å². The van der Waals surface area contributed by atoms with Crippen molar-refractivity contribution in [1.29, 1.82) is 0 Å². The van der Waals surface area contributed by atoms with Crippen LogP contribution in [0.4, 0.5) is 27.6 Å². The minimum atomic E-state index is -4.50. The van der Waals surface area contributed by atoms with E-state index in [1.807, 2.05) is 0 Å². The normalized spacial score (nSPS) is 18.0. The van der Waals surface area contributed by atoms with Gasteiger partial charge in [-0.1, -0.05) is 6.92 Å². The van der Waals surface area contributed by atoms with Gasteiger partial charge in [-0.25, -0.2) is 8.42 Å². The van der Waals surface area contributed by atoms with Gasteiger partial charge in [-0.2, -0.15) is 22.0 Å². The minimum absolute atomic E-state index is 0.0218. The standard InChI is InChI=1S/C29H30F5N3O6S/c1-2-44(40,41)24-11-12-25(35-14-24)26(16-38)36-27(39)18-3-7-20(8-4-18)37-15-23(13-21(37)17-42-28(30)31)43-22-9-5-19(6-10-22)29(32,33)34/h3-12,14,21,23,26,28,38H,2,13,15-17H2,1H3,(H,36,39)/t21-,23+,26-/m0/s1. The molecule has 3 aromatic rings. The molecule has 1 aliphatic rings. The molecule has 0 saturated carbocycles. The molecule has 1 fully saturated rings. The average molecular weight is 644 g/mol. The maximum absolute atomic E-state index is 12.9. The van der Waals surface area contributed by atoms with Crippen LogP contribution in [0.2, 0.25) is 0 Å². The first-order valence-corrected chi connectivity index (χ1v) is 15.2. The van der Waals surface area contributed by atoms with Gasteiger partial charge in [-0.15, -0.1) is 0 Å². The summed E-state index contributed by atoms with van der Waals surface area (Å²) < 4.78 is 98.7. The lowest BCUT2D eigenvalue weighted by molar-refractivity contribution is -0.137. The summed E-state index contributed by atoms with van der Waals surface area (Å²) in [6.07, 6.45) is -3.63. The third-order valence-electron chi connectivity index (χ3n) is 7.08. The van der Waals surface area contributed by atoms with Crippen LogP contribution in [0, 0.1) is 0 Å². The summed E-state index contributed by atoms with van der Waals surface area (Å²) in [5.74, 6) is -0.459. The highest BCUT2D eigenvalue weighted by molar-refractivity contribution is 7.91. The van der Waals surface area contributed by atoms with Crippen molar-refractivity contribution in [1.82, 2.24) is 10.3 Å². The number of aromatic nitrogens is 1. The number of hydrogen-bond donors (Lipinski definition) is 2. The number of ether oxygens (including phenoxy) is 2. The van der Waals surface area contributed by atoms with E-state index in [1.165, 1.54) is 43.3 Å². The Morgan fingerprint density at radius 1 is 1.09 bits per heavy atom. The van der Waals surface area contributed by atoms with Gasteiger partial charge in [0, 0.05) is 23.9 Å². The maximum atomic E-state index is 12.9. The second kappa shape index (κ2) is 13.9. The lowest BCUT2D eigenvalue weighted by atomic mass is 10.1. The Morgan fingerprint density at radius 2 is 1.77 bits per heavy atom. The number of anilines is 1. The van der Waals surface area contributed by atoms with Gasteiger partial charge in [0.05, 0.1) is 53.7 Å². The average Bonchev–Trinajstić information content (AvgIpc) is 3.41. The zero-order valence-corrected chi connectivity index (χ0v) is 24.2. The molecular formula is C29H30F5N3O6S. The van der Waals surface area contributed by atoms with Crippen molar-refractivity contribution >= 4 is 21.4 Å². The van der Waals surface area contributed by atoms with E-state index in [1.54, 1.807) is 17.0 Å². The zero-order valence-electron chi connectivity index (χ0n) is 23.4. The number of benzene rings is 2. The van der Waals surface area contributed by atoms with Crippen molar-refractivity contribution in [2.75, 3.05) is 30.4 Å². The van der Waals surface area contributed by atoms with E-state index in [9.17, 15) is 40.3 Å². The number of aliphatic hydroxyl groups is 1. The Hall–Kier alpha value is -3.82. The monoisotopic (exact) mass is 643 g/mol. The Balaban J connectivity index is 1.44. The lowest BCUT2D eigenvalue weighted by Crippen LogP contribution is -2.34. The lowest BCUT2D eigenvalue weighted by Gasteiger charge is -2.26. The minimum Gasteiger partial charge on any atom is -0.489 e. The molecule has 1 aromatic heterocycles. The van der Waals surface area contributed by atoms with E-state index in [4.69, 9.17) is 4.74 Å². The molecule has 0 spiro atoms. The number of carbonyl (C=O) groups excluding carboxylic acids is 1. The van der Waals surface area contributed by atoms with Gasteiger partial charge in [0.25, 0.3) is 5.91 Å². The summed E-state index contributed by atoms with van der Waals surface area (Å²) in [5, 5.41) is 12.5. The van der Waals surface area contributed by atoms with Gasteiger partial charge in [0.1, 0.15) is 11.9 Å². The third-order valence-corrected chi connectivity index (χ3v) is 8.80. The fraction of sp³-hybridized carbons (Fsp3) is 0.379. The first kappa shape index (κ1) is 33.1.